The fourth-order valence-electron chi connectivity index (χ4n) is 6.03. The Hall–Kier alpha value is -2.83. The van der Waals surface area contributed by atoms with Crippen LogP contribution >= 0.6 is 0 Å². The minimum atomic E-state index is -4.61. The van der Waals surface area contributed by atoms with Gasteiger partial charge in [0, 0.05) is 17.7 Å². The van der Waals surface area contributed by atoms with Gasteiger partial charge in [-0.25, -0.2) is 4.39 Å². The van der Waals surface area contributed by atoms with E-state index in [1.165, 1.54) is 12.1 Å². The molecule has 1 aliphatic heterocycles. The van der Waals surface area contributed by atoms with Crippen molar-refractivity contribution in [2.45, 2.75) is 37.4 Å². The molecule has 12 heteroatoms. The quantitative estimate of drug-likeness (QED) is 0.523. The molecule has 2 aliphatic carbocycles. The van der Waals surface area contributed by atoms with E-state index in [1.807, 2.05) is 18.2 Å². The predicted molar refractivity (Wildman–Crippen MR) is 121 cm³/mol. The number of halogens is 4. The van der Waals surface area contributed by atoms with Gasteiger partial charge in [-0.15, -0.1) is 0 Å². The lowest BCUT2D eigenvalue weighted by Crippen LogP contribution is -2.52. The number of hydrogen-bond donors (Lipinski definition) is 1. The molecule has 3 unspecified atom stereocenters. The van der Waals surface area contributed by atoms with Crippen molar-refractivity contribution in [1.29, 1.82) is 0 Å². The molecule has 0 radical (unpaired) electrons. The fraction of sp³-hybridized carbons (Fsp3) is 0.417. The van der Waals surface area contributed by atoms with Crippen LogP contribution in [0.15, 0.2) is 47.0 Å². The number of benzene rings is 2. The smallest absolute Gasteiger partial charge is 0.334 e. The van der Waals surface area contributed by atoms with Crippen LogP contribution in [0.4, 0.5) is 17.6 Å². The molecule has 1 saturated carbocycles. The molecule has 190 valence electrons. The second-order valence-corrected chi connectivity index (χ2v) is 11.5. The number of alkyl halides is 3. The summed E-state index contributed by atoms with van der Waals surface area (Å²) in [5, 5.41) is 3.99. The van der Waals surface area contributed by atoms with Crippen molar-refractivity contribution in [2.24, 2.45) is 11.8 Å². The van der Waals surface area contributed by atoms with Crippen LogP contribution in [-0.2, 0) is 23.1 Å². The first-order valence-electron chi connectivity index (χ1n) is 11.6. The molecule has 3 aromatic rings. The zero-order valence-corrected chi connectivity index (χ0v) is 19.7. The van der Waals surface area contributed by atoms with E-state index in [2.05, 4.69) is 14.9 Å². The molecule has 3 aliphatic rings. The predicted octanol–water partition coefficient (Wildman–Crippen LogP) is 4.12. The fourth-order valence-corrected chi connectivity index (χ4v) is 7.74. The molecule has 2 heterocycles. The van der Waals surface area contributed by atoms with Crippen molar-refractivity contribution in [1.82, 2.24) is 19.2 Å². The van der Waals surface area contributed by atoms with E-state index < -0.39 is 28.5 Å². The van der Waals surface area contributed by atoms with Crippen LogP contribution in [0.1, 0.15) is 24.0 Å². The zero-order chi connectivity index (χ0) is 25.3. The number of nitrogens with one attached hydrogen (secondary N) is 1. The van der Waals surface area contributed by atoms with Gasteiger partial charge in [-0.3, -0.25) is 0 Å². The molecule has 3 atom stereocenters. The normalized spacial score (nSPS) is 27.3. The molecule has 1 aromatic heterocycles. The minimum absolute atomic E-state index is 0.101. The average Bonchev–Trinajstić information content (AvgIpc) is 3.43. The van der Waals surface area contributed by atoms with E-state index in [-0.39, 0.29) is 24.2 Å². The molecule has 1 N–H and O–H groups in total. The molecule has 7 nitrogen and oxygen atoms in total. The molecular formula is C24H22F4N4O3S. The number of fused-ring (bicyclic) bond motifs is 1. The average molecular weight is 523 g/mol. The second kappa shape index (κ2) is 8.09. The number of hydrogen-bond acceptors (Lipinski definition) is 5. The number of rotatable bonds is 3. The summed E-state index contributed by atoms with van der Waals surface area (Å²) < 4.78 is 86.4. The largest absolute Gasteiger partial charge is 0.402 e. The van der Waals surface area contributed by atoms with Crippen LogP contribution < -0.4 is 4.72 Å². The Morgan fingerprint density at radius 3 is 2.39 bits per heavy atom. The Bertz CT molecular complexity index is 1420. The van der Waals surface area contributed by atoms with Crippen molar-refractivity contribution in [2.75, 3.05) is 13.1 Å². The van der Waals surface area contributed by atoms with Crippen LogP contribution in [0.25, 0.3) is 22.8 Å². The van der Waals surface area contributed by atoms with Gasteiger partial charge in [-0.05, 0) is 85.0 Å². The Morgan fingerprint density at radius 1 is 1.03 bits per heavy atom. The SMILES string of the molecule is O=S1(=O)NC2(CN1CC(F)(F)F)C1CCC2Cc2cc(-c3nc(-c4ccc(F)cc4)no3)ccc2C1. The van der Waals surface area contributed by atoms with Gasteiger partial charge in [0.15, 0.2) is 0 Å². The number of aromatic nitrogens is 2. The Kier molecular flexibility index (Phi) is 5.29. The van der Waals surface area contributed by atoms with Gasteiger partial charge in [0.1, 0.15) is 12.4 Å². The Morgan fingerprint density at radius 2 is 1.69 bits per heavy atom. The van der Waals surface area contributed by atoms with Crippen molar-refractivity contribution in [3.8, 4) is 22.8 Å². The van der Waals surface area contributed by atoms with Gasteiger partial charge < -0.3 is 4.52 Å². The third kappa shape index (κ3) is 4.00. The molecule has 36 heavy (non-hydrogen) atoms. The van der Waals surface area contributed by atoms with Crippen LogP contribution in [0.3, 0.4) is 0 Å². The van der Waals surface area contributed by atoms with E-state index in [9.17, 15) is 26.0 Å². The first-order chi connectivity index (χ1) is 17.0. The van der Waals surface area contributed by atoms with Crippen molar-refractivity contribution < 1.29 is 30.5 Å². The first-order valence-corrected chi connectivity index (χ1v) is 13.0. The maximum Gasteiger partial charge on any atom is 0.402 e. The third-order valence-corrected chi connectivity index (χ3v) is 9.26. The van der Waals surface area contributed by atoms with Crippen molar-refractivity contribution >= 4 is 10.2 Å². The molecule has 2 fully saturated rings. The van der Waals surface area contributed by atoms with E-state index >= 15 is 0 Å². The van der Waals surface area contributed by atoms with Crippen LogP contribution in [0.2, 0.25) is 0 Å². The highest BCUT2D eigenvalue weighted by atomic mass is 32.2. The maximum atomic E-state index is 13.2. The summed E-state index contributed by atoms with van der Waals surface area (Å²) in [6, 6.07) is 11.5. The summed E-state index contributed by atoms with van der Waals surface area (Å²) in [5.41, 5.74) is 2.40. The zero-order valence-electron chi connectivity index (χ0n) is 18.9. The van der Waals surface area contributed by atoms with Gasteiger partial charge in [0.2, 0.25) is 5.82 Å². The minimum Gasteiger partial charge on any atom is -0.334 e. The van der Waals surface area contributed by atoms with Gasteiger partial charge in [0.05, 0.1) is 5.54 Å². The van der Waals surface area contributed by atoms with E-state index in [4.69, 9.17) is 4.52 Å². The summed E-state index contributed by atoms with van der Waals surface area (Å²) in [5.74, 6) is 0.00849. The molecule has 0 amide bonds. The molecule has 1 spiro atoms. The Balaban J connectivity index is 1.29. The summed E-state index contributed by atoms with van der Waals surface area (Å²) in [6.07, 6.45) is -2.04. The summed E-state index contributed by atoms with van der Waals surface area (Å²) in [7, 11) is -4.23. The highest BCUT2D eigenvalue weighted by molar-refractivity contribution is 7.87. The summed E-state index contributed by atoms with van der Waals surface area (Å²) in [4.78, 5) is 4.43. The second-order valence-electron chi connectivity index (χ2n) is 9.82. The first kappa shape index (κ1) is 23.6. The monoisotopic (exact) mass is 522 g/mol. The van der Waals surface area contributed by atoms with E-state index in [0.717, 1.165) is 24.0 Å². The molecule has 1 saturated heterocycles. The highest BCUT2D eigenvalue weighted by Crippen LogP contribution is 2.50. The van der Waals surface area contributed by atoms with Crippen LogP contribution in [0, 0.1) is 17.7 Å². The highest BCUT2D eigenvalue weighted by Gasteiger charge is 2.60. The standard InChI is InChI=1S/C24H22F4N4O3S/c25-20-7-3-14(4-8-20)21-29-22(35-30-21)16-2-1-15-10-18-5-6-19(11-17(15)9-16)23(18)12-32(13-24(26,27)28)36(33,34)31-23/h1-4,7-9,18-19,31H,5-6,10-13H2. The van der Waals surface area contributed by atoms with Crippen LogP contribution in [0.5, 0.6) is 0 Å². The Labute approximate surface area is 204 Å². The summed E-state index contributed by atoms with van der Waals surface area (Å²) >= 11 is 0. The molecule has 2 aromatic carbocycles. The van der Waals surface area contributed by atoms with Crippen LogP contribution in [-0.4, -0.2) is 47.7 Å². The van der Waals surface area contributed by atoms with Crippen molar-refractivity contribution in [3.63, 3.8) is 0 Å². The van der Waals surface area contributed by atoms with Crippen molar-refractivity contribution in [3.05, 3.63) is 59.4 Å². The lowest BCUT2D eigenvalue weighted by atomic mass is 9.79. The summed E-state index contributed by atoms with van der Waals surface area (Å²) in [6.45, 7) is -1.68. The molecular weight excluding hydrogens is 500 g/mol. The molecule has 2 bridgehead atoms. The van der Waals surface area contributed by atoms with E-state index in [1.54, 1.807) is 12.1 Å². The topological polar surface area (TPSA) is 88.3 Å². The van der Waals surface area contributed by atoms with E-state index in [0.29, 0.717) is 40.0 Å². The van der Waals surface area contributed by atoms with Gasteiger partial charge >= 0.3 is 6.18 Å². The molecule has 6 rings (SSSR count). The maximum absolute atomic E-state index is 13.2. The van der Waals surface area contributed by atoms with Gasteiger partial charge in [-0.1, -0.05) is 11.2 Å². The third-order valence-electron chi connectivity index (χ3n) is 7.69. The lowest BCUT2D eigenvalue weighted by Gasteiger charge is -2.33. The lowest BCUT2D eigenvalue weighted by molar-refractivity contribution is -0.136. The van der Waals surface area contributed by atoms with Gasteiger partial charge in [0.25, 0.3) is 16.1 Å². The van der Waals surface area contributed by atoms with Gasteiger partial charge in [-0.2, -0.15) is 35.6 Å². The number of nitrogens with zero attached hydrogens (tertiary/aromatic N) is 3.